The second-order valence-electron chi connectivity index (χ2n) is 4.71. The van der Waals surface area contributed by atoms with Gasteiger partial charge in [-0.05, 0) is 30.2 Å². The van der Waals surface area contributed by atoms with Crippen molar-refractivity contribution in [1.82, 2.24) is 4.98 Å². The number of carbonyl (C=O) groups is 2. The number of nitrogens with zero attached hydrogens (tertiary/aromatic N) is 1. The predicted molar refractivity (Wildman–Crippen MR) is 72.1 cm³/mol. The first-order valence-corrected chi connectivity index (χ1v) is 6.15. The minimum absolute atomic E-state index is 0.0233. The largest absolute Gasteiger partial charge is 0.325 e. The summed E-state index contributed by atoms with van der Waals surface area (Å²) in [6.07, 6.45) is 2.93. The summed E-state index contributed by atoms with van der Waals surface area (Å²) in [5.74, 6) is -0.975. The maximum absolute atomic E-state index is 13.6. The van der Waals surface area contributed by atoms with Gasteiger partial charge in [0.05, 0.1) is 17.7 Å². The van der Waals surface area contributed by atoms with Crippen LogP contribution in [0.25, 0.3) is 11.1 Å². The second-order valence-corrected chi connectivity index (χ2v) is 4.71. The highest BCUT2D eigenvalue weighted by atomic mass is 19.1. The molecule has 0 radical (unpaired) electrons. The molecule has 0 saturated heterocycles. The van der Waals surface area contributed by atoms with Gasteiger partial charge in [-0.1, -0.05) is 6.07 Å². The average molecular weight is 270 g/mol. The van der Waals surface area contributed by atoms with Gasteiger partial charge < -0.3 is 5.32 Å². The Morgan fingerprint density at radius 1 is 1.35 bits per heavy atom. The van der Waals surface area contributed by atoms with Crippen LogP contribution in [0.3, 0.4) is 0 Å². The summed E-state index contributed by atoms with van der Waals surface area (Å²) in [4.78, 5) is 26.4. The zero-order valence-corrected chi connectivity index (χ0v) is 10.7. The third-order valence-electron chi connectivity index (χ3n) is 3.54. The molecule has 2 aromatic rings. The minimum atomic E-state index is -0.653. The van der Waals surface area contributed by atoms with Crippen molar-refractivity contribution in [2.75, 3.05) is 5.32 Å². The smallest absolute Gasteiger partial charge is 0.231 e. The number of hydrogen-bond donors (Lipinski definition) is 1. The summed E-state index contributed by atoms with van der Waals surface area (Å²) in [7, 11) is 0. The number of carbonyl (C=O) groups excluding carboxylic acids is 2. The van der Waals surface area contributed by atoms with E-state index in [4.69, 9.17) is 0 Å². The summed E-state index contributed by atoms with van der Waals surface area (Å²) in [5.41, 5.74) is 2.66. The zero-order chi connectivity index (χ0) is 14.3. The molecule has 1 aromatic carbocycles. The molecular weight excluding hydrogens is 259 g/mol. The van der Waals surface area contributed by atoms with Crippen LogP contribution in [0.1, 0.15) is 28.8 Å². The Kier molecular flexibility index (Phi) is 2.82. The molecular formula is C15H11FN2O2. The molecule has 0 saturated carbocycles. The van der Waals surface area contributed by atoms with Crippen molar-refractivity contribution in [3.63, 3.8) is 0 Å². The number of aromatic nitrogens is 1. The van der Waals surface area contributed by atoms with Crippen molar-refractivity contribution in [2.24, 2.45) is 0 Å². The van der Waals surface area contributed by atoms with E-state index in [0.717, 1.165) is 17.4 Å². The Morgan fingerprint density at radius 2 is 2.15 bits per heavy atom. The lowest BCUT2D eigenvalue weighted by Crippen LogP contribution is -2.08. The number of anilines is 1. The van der Waals surface area contributed by atoms with Crippen molar-refractivity contribution < 1.29 is 14.0 Å². The number of fused-ring (bicyclic) bond motifs is 1. The molecule has 0 aliphatic carbocycles. The van der Waals surface area contributed by atoms with E-state index in [0.29, 0.717) is 17.4 Å². The van der Waals surface area contributed by atoms with Crippen molar-refractivity contribution in [2.45, 2.75) is 12.8 Å². The molecule has 1 aliphatic heterocycles. The Labute approximate surface area is 114 Å². The summed E-state index contributed by atoms with van der Waals surface area (Å²) < 4.78 is 13.6. The number of halogens is 1. The summed E-state index contributed by atoms with van der Waals surface area (Å²) in [5, 5.41) is 2.77. The molecule has 1 N–H and O–H groups in total. The van der Waals surface area contributed by atoms with Crippen LogP contribution >= 0.6 is 0 Å². The second kappa shape index (κ2) is 4.52. The first-order chi connectivity index (χ1) is 9.61. The van der Waals surface area contributed by atoms with Crippen molar-refractivity contribution in [3.05, 3.63) is 47.5 Å². The fraction of sp³-hybridized carbons (Fsp3) is 0.133. The normalized spacial score (nSPS) is 16.7. The van der Waals surface area contributed by atoms with Gasteiger partial charge >= 0.3 is 0 Å². The molecule has 1 aromatic heterocycles. The SMILES string of the molecule is CC1C(=O)Nc2ccc(-c3cncc(F)c3C=O)cc21. The molecule has 1 atom stereocenters. The number of amides is 1. The Balaban J connectivity index is 2.16. The van der Waals surface area contributed by atoms with Gasteiger partial charge in [0.2, 0.25) is 5.91 Å². The lowest BCUT2D eigenvalue weighted by atomic mass is 9.96. The lowest BCUT2D eigenvalue weighted by molar-refractivity contribution is -0.116. The molecule has 4 nitrogen and oxygen atoms in total. The first-order valence-electron chi connectivity index (χ1n) is 6.15. The standard InChI is InChI=1S/C15H11FN2O2/c1-8-10-4-9(2-3-14(10)18-15(8)20)11-5-17-6-13(16)12(11)7-19/h2-8H,1H3,(H,18,20). The molecule has 0 bridgehead atoms. The lowest BCUT2D eigenvalue weighted by Gasteiger charge is -2.08. The fourth-order valence-electron chi connectivity index (χ4n) is 2.38. The van der Waals surface area contributed by atoms with Gasteiger partial charge in [-0.2, -0.15) is 0 Å². The quantitative estimate of drug-likeness (QED) is 0.853. The Hall–Kier alpha value is -2.56. The van der Waals surface area contributed by atoms with Crippen LogP contribution in [0, 0.1) is 5.82 Å². The van der Waals surface area contributed by atoms with Crippen LogP contribution in [0.5, 0.6) is 0 Å². The van der Waals surface area contributed by atoms with Gasteiger partial charge in [-0.3, -0.25) is 14.6 Å². The highest BCUT2D eigenvalue weighted by Crippen LogP contribution is 2.36. The molecule has 0 fully saturated rings. The van der Waals surface area contributed by atoms with Crippen molar-refractivity contribution >= 4 is 17.9 Å². The zero-order valence-electron chi connectivity index (χ0n) is 10.7. The number of aldehydes is 1. The van der Waals surface area contributed by atoms with Gasteiger partial charge in [0.1, 0.15) is 0 Å². The molecule has 3 rings (SSSR count). The predicted octanol–water partition coefficient (Wildman–Crippen LogP) is 2.76. The highest BCUT2D eigenvalue weighted by Gasteiger charge is 2.26. The monoisotopic (exact) mass is 270 g/mol. The topological polar surface area (TPSA) is 59.1 Å². The van der Waals surface area contributed by atoms with Gasteiger partial charge in [-0.15, -0.1) is 0 Å². The molecule has 2 heterocycles. The van der Waals surface area contributed by atoms with Gasteiger partial charge in [-0.25, -0.2) is 4.39 Å². The maximum atomic E-state index is 13.6. The Bertz CT molecular complexity index is 728. The Morgan fingerprint density at radius 3 is 2.90 bits per heavy atom. The van der Waals surface area contributed by atoms with Crippen LogP contribution < -0.4 is 5.32 Å². The molecule has 100 valence electrons. The summed E-state index contributed by atoms with van der Waals surface area (Å²) >= 11 is 0. The fourth-order valence-corrected chi connectivity index (χ4v) is 2.38. The van der Waals surface area contributed by atoms with E-state index >= 15 is 0 Å². The number of nitrogens with one attached hydrogen (secondary N) is 1. The van der Waals surface area contributed by atoms with E-state index in [1.165, 1.54) is 6.20 Å². The number of pyridine rings is 1. The number of rotatable bonds is 2. The summed E-state index contributed by atoms with van der Waals surface area (Å²) in [6, 6.07) is 5.29. The van der Waals surface area contributed by atoms with Gasteiger partial charge in [0.15, 0.2) is 12.1 Å². The van der Waals surface area contributed by atoms with Crippen molar-refractivity contribution in [3.8, 4) is 11.1 Å². The van der Waals surface area contributed by atoms with Crippen molar-refractivity contribution in [1.29, 1.82) is 0 Å². The van der Waals surface area contributed by atoms with E-state index in [9.17, 15) is 14.0 Å². The van der Waals surface area contributed by atoms with E-state index < -0.39 is 5.82 Å². The van der Waals surface area contributed by atoms with E-state index in [1.807, 2.05) is 0 Å². The summed E-state index contributed by atoms with van der Waals surface area (Å²) in [6.45, 7) is 1.80. The highest BCUT2D eigenvalue weighted by molar-refractivity contribution is 6.03. The molecule has 1 amide bonds. The third-order valence-corrected chi connectivity index (χ3v) is 3.54. The van der Waals surface area contributed by atoms with E-state index in [2.05, 4.69) is 10.3 Å². The molecule has 1 unspecified atom stereocenters. The number of benzene rings is 1. The number of hydrogen-bond acceptors (Lipinski definition) is 3. The van der Waals surface area contributed by atoms with Gasteiger partial charge in [0.25, 0.3) is 0 Å². The molecule has 1 aliphatic rings. The molecule has 20 heavy (non-hydrogen) atoms. The maximum Gasteiger partial charge on any atom is 0.231 e. The van der Waals surface area contributed by atoms with Crippen LogP contribution in [0.15, 0.2) is 30.6 Å². The molecule has 0 spiro atoms. The third kappa shape index (κ3) is 1.79. The van der Waals surface area contributed by atoms with Gasteiger partial charge in [0, 0.05) is 17.4 Å². The van der Waals surface area contributed by atoms with Crippen LogP contribution in [-0.4, -0.2) is 17.2 Å². The van der Waals surface area contributed by atoms with E-state index in [1.54, 1.807) is 25.1 Å². The average Bonchev–Trinajstić information content (AvgIpc) is 2.73. The van der Waals surface area contributed by atoms with Crippen LogP contribution in [-0.2, 0) is 4.79 Å². The van der Waals surface area contributed by atoms with E-state index in [-0.39, 0.29) is 17.4 Å². The van der Waals surface area contributed by atoms with Crippen LogP contribution in [0.2, 0.25) is 0 Å². The minimum Gasteiger partial charge on any atom is -0.325 e. The molecule has 5 heteroatoms. The first kappa shape index (κ1) is 12.5. The van der Waals surface area contributed by atoms with Crippen LogP contribution in [0.4, 0.5) is 10.1 Å².